The molecule has 1 aliphatic heterocycles. The number of carbonyl (C=O) groups excluding carboxylic acids is 2. The largest absolute Gasteiger partial charge is 0.468 e. The van der Waals surface area contributed by atoms with E-state index in [1.807, 2.05) is 18.2 Å². The first-order chi connectivity index (χ1) is 13.1. The van der Waals surface area contributed by atoms with Crippen LogP contribution in [0.3, 0.4) is 0 Å². The minimum Gasteiger partial charge on any atom is -0.468 e. The second-order valence-corrected chi connectivity index (χ2v) is 10.0. The van der Waals surface area contributed by atoms with Crippen molar-refractivity contribution < 1.29 is 14.3 Å². The van der Waals surface area contributed by atoms with E-state index in [2.05, 4.69) is 37.9 Å². The highest BCUT2D eigenvalue weighted by Gasteiger charge is 2.33. The highest BCUT2D eigenvalue weighted by atomic mass is 32.2. The Morgan fingerprint density at radius 1 is 1.25 bits per heavy atom. The summed E-state index contributed by atoms with van der Waals surface area (Å²) in [5.74, 6) is 0.951. The first kappa shape index (κ1) is 22.8. The summed E-state index contributed by atoms with van der Waals surface area (Å²) in [5.41, 5.74) is 0.486. The van der Waals surface area contributed by atoms with Crippen LogP contribution in [0.25, 0.3) is 0 Å². The number of benzene rings is 1. The number of methoxy groups -OCH3 is 1. The van der Waals surface area contributed by atoms with Gasteiger partial charge in [-0.25, -0.2) is 0 Å². The Kier molecular flexibility index (Phi) is 7.96. The molecule has 3 unspecified atom stereocenters. The lowest BCUT2D eigenvalue weighted by atomic mass is 9.88. The van der Waals surface area contributed by atoms with Gasteiger partial charge in [0.2, 0.25) is 0 Å². The fraction of sp³-hybridized carbons (Fsp3) is 0.636. The fourth-order valence-corrected chi connectivity index (χ4v) is 4.84. The van der Waals surface area contributed by atoms with Crippen LogP contribution in [-0.2, 0) is 9.53 Å². The first-order valence-corrected chi connectivity index (χ1v) is 10.9. The molecule has 3 atom stereocenters. The summed E-state index contributed by atoms with van der Waals surface area (Å²) >= 11 is 1.35. The van der Waals surface area contributed by atoms with Crippen molar-refractivity contribution in [3.05, 3.63) is 29.8 Å². The molecule has 1 fully saturated rings. The van der Waals surface area contributed by atoms with E-state index < -0.39 is 0 Å². The van der Waals surface area contributed by atoms with Crippen LogP contribution in [0.2, 0.25) is 0 Å². The van der Waals surface area contributed by atoms with Gasteiger partial charge >= 0.3 is 5.97 Å². The van der Waals surface area contributed by atoms with Gasteiger partial charge in [-0.05, 0) is 51.2 Å². The monoisotopic (exact) mass is 406 g/mol. The summed E-state index contributed by atoms with van der Waals surface area (Å²) < 4.78 is 4.80. The highest BCUT2D eigenvalue weighted by molar-refractivity contribution is 8.00. The molecule has 5 nitrogen and oxygen atoms in total. The van der Waals surface area contributed by atoms with Gasteiger partial charge in [-0.2, -0.15) is 0 Å². The van der Waals surface area contributed by atoms with Crippen molar-refractivity contribution in [2.24, 2.45) is 11.8 Å². The Hall–Kier alpha value is -1.53. The standard InChI is InChI=1S/C22H34N2O3S/c1-15-11-16(2)13-24(12-15)22(4,5)14-23-20(25)18-9-7-8-10-19(18)28-17(3)21(26)27-6/h7-10,15-17H,11-14H2,1-6H3,(H,23,25). The Bertz CT molecular complexity index is 682. The van der Waals surface area contributed by atoms with Crippen molar-refractivity contribution in [3.63, 3.8) is 0 Å². The van der Waals surface area contributed by atoms with Crippen LogP contribution < -0.4 is 5.32 Å². The van der Waals surface area contributed by atoms with Crippen LogP contribution in [0, 0.1) is 11.8 Å². The van der Waals surface area contributed by atoms with Gasteiger partial charge < -0.3 is 10.1 Å². The van der Waals surface area contributed by atoms with E-state index in [0.717, 1.165) is 18.0 Å². The van der Waals surface area contributed by atoms with Crippen molar-refractivity contribution in [3.8, 4) is 0 Å². The molecule has 0 aromatic heterocycles. The molecule has 6 heteroatoms. The van der Waals surface area contributed by atoms with Gasteiger partial charge in [-0.3, -0.25) is 14.5 Å². The van der Waals surface area contributed by atoms with E-state index in [-0.39, 0.29) is 22.7 Å². The van der Waals surface area contributed by atoms with Crippen molar-refractivity contribution in [1.29, 1.82) is 0 Å². The van der Waals surface area contributed by atoms with E-state index >= 15 is 0 Å². The average molecular weight is 407 g/mol. The third-order valence-corrected chi connectivity index (χ3v) is 6.53. The summed E-state index contributed by atoms with van der Waals surface area (Å²) in [6, 6.07) is 7.41. The number of hydrogen-bond donors (Lipinski definition) is 1. The molecule has 0 spiro atoms. The van der Waals surface area contributed by atoms with Crippen LogP contribution in [0.15, 0.2) is 29.2 Å². The number of ether oxygens (including phenoxy) is 1. The van der Waals surface area contributed by atoms with Crippen LogP contribution in [0.5, 0.6) is 0 Å². The van der Waals surface area contributed by atoms with Crippen LogP contribution in [-0.4, -0.2) is 54.3 Å². The molecule has 0 aliphatic carbocycles. The number of carbonyl (C=O) groups is 2. The molecule has 1 saturated heterocycles. The molecule has 1 N–H and O–H groups in total. The van der Waals surface area contributed by atoms with Gasteiger partial charge in [0.15, 0.2) is 0 Å². The van der Waals surface area contributed by atoms with Gasteiger partial charge in [0.1, 0.15) is 5.25 Å². The first-order valence-electron chi connectivity index (χ1n) is 10.0. The second kappa shape index (κ2) is 9.79. The number of nitrogens with one attached hydrogen (secondary N) is 1. The molecule has 0 radical (unpaired) electrons. The van der Waals surface area contributed by atoms with Gasteiger partial charge in [0.25, 0.3) is 5.91 Å². The number of likely N-dealkylation sites (tertiary alicyclic amines) is 1. The Labute approximate surface area is 173 Å². The zero-order valence-corrected chi connectivity index (χ0v) is 18.8. The van der Waals surface area contributed by atoms with E-state index in [9.17, 15) is 9.59 Å². The van der Waals surface area contributed by atoms with E-state index in [1.54, 1.807) is 13.0 Å². The Balaban J connectivity index is 2.04. The molecule has 156 valence electrons. The molecular formula is C22H34N2O3S. The molecular weight excluding hydrogens is 372 g/mol. The predicted molar refractivity (Wildman–Crippen MR) is 115 cm³/mol. The summed E-state index contributed by atoms with van der Waals surface area (Å²) in [6.07, 6.45) is 1.27. The molecule has 28 heavy (non-hydrogen) atoms. The van der Waals surface area contributed by atoms with E-state index in [0.29, 0.717) is 23.9 Å². The lowest BCUT2D eigenvalue weighted by Crippen LogP contribution is -2.56. The number of amides is 1. The Morgan fingerprint density at radius 2 is 1.86 bits per heavy atom. The van der Waals surface area contributed by atoms with Crippen molar-refractivity contribution in [1.82, 2.24) is 10.2 Å². The Morgan fingerprint density at radius 3 is 2.46 bits per heavy atom. The van der Waals surface area contributed by atoms with Gasteiger partial charge in [-0.15, -0.1) is 11.8 Å². The van der Waals surface area contributed by atoms with Gasteiger partial charge in [-0.1, -0.05) is 26.0 Å². The molecule has 1 aliphatic rings. The molecule has 1 aromatic carbocycles. The van der Waals surface area contributed by atoms with Crippen LogP contribution >= 0.6 is 11.8 Å². The number of rotatable bonds is 7. The lowest BCUT2D eigenvalue weighted by Gasteiger charge is -2.45. The third kappa shape index (κ3) is 5.98. The van der Waals surface area contributed by atoms with Crippen molar-refractivity contribution in [2.75, 3.05) is 26.7 Å². The number of thioether (sulfide) groups is 1. The zero-order valence-electron chi connectivity index (χ0n) is 18.0. The summed E-state index contributed by atoms with van der Waals surface area (Å²) in [7, 11) is 1.38. The van der Waals surface area contributed by atoms with E-state index in [4.69, 9.17) is 4.74 Å². The minimum atomic E-state index is -0.369. The molecule has 1 aromatic rings. The SMILES string of the molecule is COC(=O)C(C)Sc1ccccc1C(=O)NCC(C)(C)N1CC(C)CC(C)C1. The third-order valence-electron chi connectivity index (χ3n) is 5.38. The van der Waals surface area contributed by atoms with Crippen LogP contribution in [0.4, 0.5) is 0 Å². The topological polar surface area (TPSA) is 58.6 Å². The highest BCUT2D eigenvalue weighted by Crippen LogP contribution is 2.29. The molecule has 2 rings (SSSR count). The quantitative estimate of drug-likeness (QED) is 0.551. The molecule has 1 amide bonds. The van der Waals surface area contributed by atoms with Gasteiger partial charge in [0.05, 0.1) is 12.7 Å². The molecule has 0 bridgehead atoms. The maximum absolute atomic E-state index is 12.9. The van der Waals surface area contributed by atoms with Gasteiger partial charge in [0, 0.05) is 30.1 Å². The summed E-state index contributed by atoms with van der Waals surface area (Å²) in [6.45, 7) is 13.5. The maximum atomic E-state index is 12.9. The number of nitrogens with zero attached hydrogens (tertiary/aromatic N) is 1. The summed E-state index contributed by atoms with van der Waals surface area (Å²) in [5, 5.41) is 2.74. The number of esters is 1. The number of hydrogen-bond acceptors (Lipinski definition) is 5. The zero-order chi connectivity index (χ0) is 20.9. The second-order valence-electron chi connectivity index (χ2n) is 8.63. The number of piperidine rings is 1. The molecule has 0 saturated carbocycles. The minimum absolute atomic E-state index is 0.105. The van der Waals surface area contributed by atoms with Crippen LogP contribution in [0.1, 0.15) is 51.4 Å². The molecule has 1 heterocycles. The predicted octanol–water partition coefficient (Wildman–Crippen LogP) is 3.83. The normalized spacial score (nSPS) is 21.8. The van der Waals surface area contributed by atoms with Crippen molar-refractivity contribution in [2.45, 2.75) is 56.7 Å². The fourth-order valence-electron chi connectivity index (χ4n) is 3.82. The van der Waals surface area contributed by atoms with Crippen molar-refractivity contribution >= 4 is 23.6 Å². The van der Waals surface area contributed by atoms with E-state index in [1.165, 1.54) is 25.3 Å². The average Bonchev–Trinajstić information content (AvgIpc) is 2.65. The smallest absolute Gasteiger partial charge is 0.318 e. The lowest BCUT2D eigenvalue weighted by molar-refractivity contribution is -0.139. The summed E-state index contributed by atoms with van der Waals surface area (Å²) in [4.78, 5) is 27.9. The maximum Gasteiger partial charge on any atom is 0.318 e.